The third-order valence-electron chi connectivity index (χ3n) is 5.33. The third kappa shape index (κ3) is 4.06. The van der Waals surface area contributed by atoms with Crippen LogP contribution < -0.4 is 0 Å². The van der Waals surface area contributed by atoms with Crippen molar-refractivity contribution in [2.45, 2.75) is 30.6 Å². The number of ether oxygens (including phenoxy) is 2. The molecule has 0 bridgehead atoms. The maximum Gasteiger partial charge on any atom is 0.338 e. The summed E-state index contributed by atoms with van der Waals surface area (Å²) in [6, 6.07) is 6.85. The molecule has 1 saturated heterocycles. The fourth-order valence-corrected chi connectivity index (χ4v) is 4.36. The first-order valence-electron chi connectivity index (χ1n) is 9.98. The van der Waals surface area contributed by atoms with Crippen molar-refractivity contribution < 1.29 is 36.7 Å². The summed E-state index contributed by atoms with van der Waals surface area (Å²) in [4.78, 5) is 38.9. The summed E-state index contributed by atoms with van der Waals surface area (Å²) in [5.41, 5.74) is 0.463. The fourth-order valence-electron chi connectivity index (χ4n) is 3.55. The van der Waals surface area contributed by atoms with Crippen LogP contribution >= 0.6 is 0 Å². The zero-order valence-corrected chi connectivity index (χ0v) is 18.4. The number of imide groups is 1. The largest absolute Gasteiger partial charge is 0.454 e. The lowest BCUT2D eigenvalue weighted by Gasteiger charge is -2.17. The minimum atomic E-state index is -3.74. The molecule has 10 nitrogen and oxygen atoms in total. The molecule has 3 heterocycles. The number of nitrogens with zero attached hydrogens (tertiary/aromatic N) is 2. The second kappa shape index (κ2) is 8.49. The Balaban J connectivity index is 1.43. The van der Waals surface area contributed by atoms with E-state index >= 15 is 0 Å². The normalized spacial score (nSPS) is 18.5. The molecule has 1 aromatic carbocycles. The van der Waals surface area contributed by atoms with Crippen molar-refractivity contribution in [3.63, 3.8) is 0 Å². The van der Waals surface area contributed by atoms with Crippen LogP contribution in [0.4, 0.5) is 0 Å². The van der Waals surface area contributed by atoms with Crippen molar-refractivity contribution in [1.29, 1.82) is 0 Å². The van der Waals surface area contributed by atoms with Gasteiger partial charge in [-0.15, -0.1) is 0 Å². The lowest BCUT2D eigenvalue weighted by atomic mass is 10.1. The van der Waals surface area contributed by atoms with Gasteiger partial charge in [0, 0.05) is 20.7 Å². The molecule has 0 aliphatic carbocycles. The molecule has 170 valence electrons. The number of carbonyl (C=O) groups is 3. The molecule has 1 atom stereocenters. The zero-order valence-electron chi connectivity index (χ0n) is 17.6. The minimum absolute atomic E-state index is 0.0940. The summed E-state index contributed by atoms with van der Waals surface area (Å²) in [7, 11) is -0.987. The summed E-state index contributed by atoms with van der Waals surface area (Å²) in [5.74, 6) is -1.47. The number of hydrogen-bond donors (Lipinski definition) is 0. The molecule has 32 heavy (non-hydrogen) atoms. The van der Waals surface area contributed by atoms with E-state index in [0.717, 1.165) is 22.0 Å². The Labute approximate surface area is 184 Å². The van der Waals surface area contributed by atoms with Crippen LogP contribution in [0.2, 0.25) is 0 Å². The van der Waals surface area contributed by atoms with Crippen LogP contribution in [0.15, 0.2) is 39.8 Å². The summed E-state index contributed by atoms with van der Waals surface area (Å²) in [5, 5.41) is -0.262. The first kappa shape index (κ1) is 22.2. The molecule has 0 saturated carbocycles. The number of sulfonamides is 1. The van der Waals surface area contributed by atoms with Gasteiger partial charge in [0.2, 0.25) is 5.09 Å². The van der Waals surface area contributed by atoms with E-state index in [-0.39, 0.29) is 46.8 Å². The minimum Gasteiger partial charge on any atom is -0.454 e. The maximum absolute atomic E-state index is 12.7. The SMILES string of the molecule is CN(C)S(=O)(=O)c1ccc(COC(=O)c2ccc3c(c2)C(=O)N(CC2CCCO2)C3=O)o1. The molecule has 11 heteroatoms. The van der Waals surface area contributed by atoms with Gasteiger partial charge in [0.05, 0.1) is 29.3 Å². The van der Waals surface area contributed by atoms with Crippen molar-refractivity contribution in [2.24, 2.45) is 0 Å². The number of hydrogen-bond acceptors (Lipinski definition) is 8. The maximum atomic E-state index is 12.7. The second-order valence-electron chi connectivity index (χ2n) is 7.70. The predicted molar refractivity (Wildman–Crippen MR) is 109 cm³/mol. The van der Waals surface area contributed by atoms with Crippen LogP contribution in [-0.4, -0.2) is 68.8 Å². The third-order valence-corrected chi connectivity index (χ3v) is 7.02. The van der Waals surface area contributed by atoms with Gasteiger partial charge in [0.1, 0.15) is 12.4 Å². The van der Waals surface area contributed by atoms with Crippen LogP contribution in [0.1, 0.15) is 49.7 Å². The number of fused-ring (bicyclic) bond motifs is 1. The van der Waals surface area contributed by atoms with Gasteiger partial charge in [-0.2, -0.15) is 0 Å². The molecule has 0 radical (unpaired) electrons. The number of benzene rings is 1. The van der Waals surface area contributed by atoms with Crippen molar-refractivity contribution in [3.8, 4) is 0 Å². The van der Waals surface area contributed by atoms with Gasteiger partial charge in [-0.25, -0.2) is 17.5 Å². The average molecular weight is 462 g/mol. The van der Waals surface area contributed by atoms with E-state index in [1.807, 2.05) is 0 Å². The lowest BCUT2D eigenvalue weighted by molar-refractivity contribution is 0.0440. The first-order chi connectivity index (χ1) is 15.2. The van der Waals surface area contributed by atoms with Gasteiger partial charge in [0.15, 0.2) is 0 Å². The van der Waals surface area contributed by atoms with E-state index in [2.05, 4.69) is 0 Å². The summed E-state index contributed by atoms with van der Waals surface area (Å²) in [6.45, 7) is 0.502. The Morgan fingerprint density at radius 2 is 1.91 bits per heavy atom. The molecule has 2 amide bonds. The van der Waals surface area contributed by atoms with Crippen molar-refractivity contribution in [3.05, 3.63) is 52.8 Å². The Kier molecular flexibility index (Phi) is 5.89. The highest BCUT2D eigenvalue weighted by Gasteiger charge is 2.38. The molecule has 0 spiro atoms. The summed E-state index contributed by atoms with van der Waals surface area (Å²) >= 11 is 0. The Morgan fingerprint density at radius 3 is 2.59 bits per heavy atom. The van der Waals surface area contributed by atoms with E-state index in [9.17, 15) is 22.8 Å². The van der Waals surface area contributed by atoms with E-state index in [4.69, 9.17) is 13.9 Å². The molecule has 2 aromatic rings. The summed E-state index contributed by atoms with van der Waals surface area (Å²) < 4.78 is 41.1. The molecular weight excluding hydrogens is 440 g/mol. The number of carbonyl (C=O) groups excluding carboxylic acids is 3. The van der Waals surface area contributed by atoms with Crippen LogP contribution in [-0.2, 0) is 26.1 Å². The van der Waals surface area contributed by atoms with Crippen LogP contribution in [0, 0.1) is 0 Å². The van der Waals surface area contributed by atoms with E-state index in [1.54, 1.807) is 0 Å². The van der Waals surface area contributed by atoms with Gasteiger partial charge < -0.3 is 13.9 Å². The van der Waals surface area contributed by atoms with Crippen molar-refractivity contribution >= 4 is 27.8 Å². The highest BCUT2D eigenvalue weighted by atomic mass is 32.2. The smallest absolute Gasteiger partial charge is 0.338 e. The molecular formula is C21H22N2O8S. The molecule has 1 aromatic heterocycles. The van der Waals surface area contributed by atoms with Gasteiger partial charge in [-0.1, -0.05) is 0 Å². The average Bonchev–Trinajstić information content (AvgIpc) is 3.50. The van der Waals surface area contributed by atoms with Gasteiger partial charge in [-0.3, -0.25) is 14.5 Å². The zero-order chi connectivity index (χ0) is 23.0. The van der Waals surface area contributed by atoms with Crippen LogP contribution in [0.25, 0.3) is 0 Å². The van der Waals surface area contributed by atoms with E-state index < -0.39 is 27.8 Å². The highest BCUT2D eigenvalue weighted by molar-refractivity contribution is 7.88. The highest BCUT2D eigenvalue weighted by Crippen LogP contribution is 2.26. The molecule has 1 fully saturated rings. The Bertz CT molecular complexity index is 1180. The first-order valence-corrected chi connectivity index (χ1v) is 11.4. The monoisotopic (exact) mass is 462 g/mol. The molecule has 0 N–H and O–H groups in total. The summed E-state index contributed by atoms with van der Waals surface area (Å²) in [6.07, 6.45) is 1.51. The number of rotatable bonds is 7. The molecule has 2 aliphatic heterocycles. The molecule has 4 rings (SSSR count). The van der Waals surface area contributed by atoms with E-state index in [0.29, 0.717) is 6.61 Å². The van der Waals surface area contributed by atoms with Crippen molar-refractivity contribution in [2.75, 3.05) is 27.2 Å². The van der Waals surface area contributed by atoms with Gasteiger partial charge in [-0.05, 0) is 43.2 Å². The van der Waals surface area contributed by atoms with E-state index in [1.165, 1.54) is 44.4 Å². The second-order valence-corrected chi connectivity index (χ2v) is 9.78. The lowest BCUT2D eigenvalue weighted by Crippen LogP contribution is -2.36. The van der Waals surface area contributed by atoms with Crippen LogP contribution in [0.3, 0.4) is 0 Å². The van der Waals surface area contributed by atoms with Crippen LogP contribution in [0.5, 0.6) is 0 Å². The fraction of sp³-hybridized carbons (Fsp3) is 0.381. The predicted octanol–water partition coefficient (Wildman–Crippen LogP) is 1.66. The Morgan fingerprint density at radius 1 is 1.16 bits per heavy atom. The topological polar surface area (TPSA) is 123 Å². The van der Waals surface area contributed by atoms with Crippen molar-refractivity contribution in [1.82, 2.24) is 9.21 Å². The molecule has 2 aliphatic rings. The molecule has 1 unspecified atom stereocenters. The standard InChI is InChI=1S/C21H22N2O8S/c1-22(2)32(27,28)18-8-6-15(31-18)12-30-21(26)13-5-7-16-17(10-13)20(25)23(19(16)24)11-14-4-3-9-29-14/h5-8,10,14H,3-4,9,11-12H2,1-2H3. The number of furan rings is 1. The number of amides is 2. The van der Waals surface area contributed by atoms with Gasteiger partial charge in [0.25, 0.3) is 21.8 Å². The number of esters is 1. The quantitative estimate of drug-likeness (QED) is 0.450. The Hall–Kier alpha value is -3.02. The van der Waals surface area contributed by atoms with Gasteiger partial charge >= 0.3 is 5.97 Å².